The van der Waals surface area contributed by atoms with E-state index in [2.05, 4.69) is 10.6 Å². The molecular weight excluding hydrogens is 475 g/mol. The second-order valence-corrected chi connectivity index (χ2v) is 10.4. The van der Waals surface area contributed by atoms with Gasteiger partial charge in [0.25, 0.3) is 5.91 Å². The molecule has 3 fully saturated rings. The van der Waals surface area contributed by atoms with E-state index in [9.17, 15) is 23.2 Å². The average molecular weight is 508 g/mol. The highest BCUT2D eigenvalue weighted by molar-refractivity contribution is 6.05. The zero-order chi connectivity index (χ0) is 25.4. The zero-order valence-electron chi connectivity index (χ0n) is 20.1. The fourth-order valence-corrected chi connectivity index (χ4v) is 6.10. The minimum absolute atomic E-state index is 0.00102. The molecule has 3 atom stereocenters. The molecule has 7 nitrogen and oxygen atoms in total. The molecule has 4 aliphatic rings. The highest BCUT2D eigenvalue weighted by Gasteiger charge is 2.41. The maximum Gasteiger partial charge on any atom is 0.255 e. The number of ether oxygens (including phenoxy) is 1. The number of rotatable bonds is 6. The van der Waals surface area contributed by atoms with Crippen LogP contribution in [0.3, 0.4) is 0 Å². The molecule has 3 heterocycles. The number of amides is 3. The number of alkyl halides is 2. The van der Waals surface area contributed by atoms with E-state index in [4.69, 9.17) is 4.74 Å². The lowest BCUT2D eigenvalue weighted by Gasteiger charge is -2.37. The average Bonchev–Trinajstić information content (AvgIpc) is 3.19. The van der Waals surface area contributed by atoms with E-state index in [1.165, 1.54) is 4.90 Å². The van der Waals surface area contributed by atoms with Crippen LogP contribution >= 0.6 is 0 Å². The van der Waals surface area contributed by atoms with Gasteiger partial charge in [-0.2, -0.15) is 0 Å². The molecule has 36 heavy (non-hydrogen) atoms. The van der Waals surface area contributed by atoms with Gasteiger partial charge in [0.05, 0.1) is 12.6 Å². The third kappa shape index (κ3) is 5.02. The predicted molar refractivity (Wildman–Crippen MR) is 124 cm³/mol. The highest BCUT2D eigenvalue weighted by Crippen LogP contribution is 2.33. The summed E-state index contributed by atoms with van der Waals surface area (Å²) >= 11 is 0. The van der Waals surface area contributed by atoms with Crippen molar-refractivity contribution in [3.8, 4) is 0 Å². The van der Waals surface area contributed by atoms with Crippen LogP contribution in [0.4, 0.5) is 13.2 Å². The van der Waals surface area contributed by atoms with E-state index in [1.807, 2.05) is 0 Å². The smallest absolute Gasteiger partial charge is 0.255 e. The van der Waals surface area contributed by atoms with Crippen molar-refractivity contribution in [2.45, 2.75) is 95.0 Å². The Hall–Kier alpha value is -2.46. The number of carbonyl (C=O) groups excluding carboxylic acids is 3. The molecular formula is C26H32F3N3O4. The molecule has 1 aromatic carbocycles. The number of hydrogen-bond acceptors (Lipinski definition) is 5. The molecule has 5 rings (SSSR count). The third-order valence-corrected chi connectivity index (χ3v) is 8.17. The summed E-state index contributed by atoms with van der Waals surface area (Å²) in [7, 11) is 0. The first-order valence-electron chi connectivity index (χ1n) is 12.9. The molecule has 0 spiro atoms. The van der Waals surface area contributed by atoms with Gasteiger partial charge in [0.1, 0.15) is 11.9 Å². The van der Waals surface area contributed by atoms with Gasteiger partial charge in [-0.15, -0.1) is 0 Å². The van der Waals surface area contributed by atoms with Gasteiger partial charge in [-0.3, -0.25) is 19.7 Å². The molecule has 3 aliphatic heterocycles. The van der Waals surface area contributed by atoms with Crippen molar-refractivity contribution in [1.82, 2.24) is 15.5 Å². The number of hydrogen-bond donors (Lipinski definition) is 2. The molecule has 0 bridgehead atoms. The standard InChI is InChI=1S/C26H32F3N3O4/c27-23-15(5-8-17-18(23)13-32(26(17)35)20-9-10-22(33)31-25(20)34)12-21-19(2-1-11-36-21)30-16-6-3-14(4-7-16)24(28)29/h5,8,14,16,19-21,24,30H,1-4,6-7,9-13H2,(H,31,33,34)/t14-,16-,19-,20?,21+/m0/s1. The maximum atomic E-state index is 15.6. The van der Waals surface area contributed by atoms with Crippen molar-refractivity contribution >= 4 is 17.7 Å². The Balaban J connectivity index is 1.26. The maximum absolute atomic E-state index is 15.6. The van der Waals surface area contributed by atoms with Crippen molar-refractivity contribution in [1.29, 1.82) is 0 Å². The van der Waals surface area contributed by atoms with Crippen LogP contribution in [0.5, 0.6) is 0 Å². The van der Waals surface area contributed by atoms with E-state index in [0.717, 1.165) is 12.8 Å². The fraction of sp³-hybridized carbons (Fsp3) is 0.654. The number of nitrogens with one attached hydrogen (secondary N) is 2. The lowest BCUT2D eigenvalue weighted by atomic mass is 9.85. The minimum Gasteiger partial charge on any atom is -0.376 e. The SMILES string of the molecule is O=C1CCC(N2Cc3c(ccc(C[C@H]4OCCC[C@@H]4N[C@H]4CC[C@H](C(F)F)CC4)c3F)C2=O)C(=O)N1. The van der Waals surface area contributed by atoms with E-state index in [-0.39, 0.29) is 54.6 Å². The summed E-state index contributed by atoms with van der Waals surface area (Å²) in [5, 5.41) is 5.85. The van der Waals surface area contributed by atoms with E-state index in [0.29, 0.717) is 44.3 Å². The van der Waals surface area contributed by atoms with Crippen LogP contribution in [0.2, 0.25) is 0 Å². The summed E-state index contributed by atoms with van der Waals surface area (Å²) < 4.78 is 47.6. The normalized spacial score (nSPS) is 31.1. The number of piperidine rings is 1. The predicted octanol–water partition coefficient (Wildman–Crippen LogP) is 3.09. The van der Waals surface area contributed by atoms with Crippen molar-refractivity contribution in [3.05, 3.63) is 34.6 Å². The minimum atomic E-state index is -2.27. The van der Waals surface area contributed by atoms with E-state index < -0.39 is 36.0 Å². The van der Waals surface area contributed by atoms with Gasteiger partial charge in [0.2, 0.25) is 18.2 Å². The van der Waals surface area contributed by atoms with Crippen LogP contribution < -0.4 is 10.6 Å². The summed E-state index contributed by atoms with van der Waals surface area (Å²) in [6, 6.07) is 2.59. The Bertz CT molecular complexity index is 1030. The number of imide groups is 1. The monoisotopic (exact) mass is 507 g/mol. The molecule has 1 unspecified atom stereocenters. The van der Waals surface area contributed by atoms with Crippen LogP contribution in [0, 0.1) is 11.7 Å². The summed E-state index contributed by atoms with van der Waals surface area (Å²) in [6.45, 7) is 0.565. The molecule has 3 amide bonds. The largest absolute Gasteiger partial charge is 0.376 e. The first kappa shape index (κ1) is 25.2. The molecule has 1 saturated carbocycles. The Kier molecular flexibility index (Phi) is 7.35. The quantitative estimate of drug-likeness (QED) is 0.578. The number of fused-ring (bicyclic) bond motifs is 1. The first-order chi connectivity index (χ1) is 17.3. The number of carbonyl (C=O) groups is 3. The summed E-state index contributed by atoms with van der Waals surface area (Å²) in [6.07, 6.45) is 2.32. The Labute approximate surface area is 208 Å². The second-order valence-electron chi connectivity index (χ2n) is 10.4. The van der Waals surface area contributed by atoms with Crippen molar-refractivity contribution in [2.75, 3.05) is 6.61 Å². The topological polar surface area (TPSA) is 87.7 Å². The van der Waals surface area contributed by atoms with E-state index in [1.54, 1.807) is 12.1 Å². The van der Waals surface area contributed by atoms with Gasteiger partial charge < -0.3 is 15.0 Å². The lowest BCUT2D eigenvalue weighted by molar-refractivity contribution is -0.136. The zero-order valence-corrected chi connectivity index (χ0v) is 20.1. The second kappa shape index (κ2) is 10.5. The van der Waals surface area contributed by atoms with Gasteiger partial charge in [0, 0.05) is 48.6 Å². The van der Waals surface area contributed by atoms with Crippen LogP contribution in [-0.2, 0) is 27.3 Å². The third-order valence-electron chi connectivity index (χ3n) is 8.17. The molecule has 1 aromatic rings. The van der Waals surface area contributed by atoms with Crippen LogP contribution in [0.15, 0.2) is 12.1 Å². The Morgan fingerprint density at radius 2 is 1.86 bits per heavy atom. The van der Waals surface area contributed by atoms with Gasteiger partial charge in [-0.1, -0.05) is 6.07 Å². The Morgan fingerprint density at radius 1 is 1.08 bits per heavy atom. The van der Waals surface area contributed by atoms with Crippen LogP contribution in [0.25, 0.3) is 0 Å². The molecule has 10 heteroatoms. The summed E-state index contributed by atoms with van der Waals surface area (Å²) in [4.78, 5) is 38.0. The van der Waals surface area contributed by atoms with E-state index >= 15 is 4.39 Å². The molecule has 1 aliphatic carbocycles. The van der Waals surface area contributed by atoms with Crippen molar-refractivity contribution in [2.24, 2.45) is 5.92 Å². The fourth-order valence-electron chi connectivity index (χ4n) is 6.10. The number of benzene rings is 1. The van der Waals surface area contributed by atoms with Gasteiger partial charge in [-0.05, 0) is 56.6 Å². The molecule has 196 valence electrons. The van der Waals surface area contributed by atoms with Crippen molar-refractivity contribution < 1.29 is 32.3 Å². The van der Waals surface area contributed by atoms with Crippen molar-refractivity contribution in [3.63, 3.8) is 0 Å². The molecule has 2 N–H and O–H groups in total. The number of nitrogens with zero attached hydrogens (tertiary/aromatic N) is 1. The first-order valence-corrected chi connectivity index (χ1v) is 12.9. The van der Waals surface area contributed by atoms with Crippen LogP contribution in [-0.4, -0.2) is 59.9 Å². The van der Waals surface area contributed by atoms with Crippen LogP contribution in [0.1, 0.15) is 72.9 Å². The molecule has 2 saturated heterocycles. The Morgan fingerprint density at radius 3 is 2.58 bits per heavy atom. The molecule has 0 radical (unpaired) electrons. The lowest BCUT2D eigenvalue weighted by Crippen LogP contribution is -2.52. The van der Waals surface area contributed by atoms with Gasteiger partial charge in [-0.25, -0.2) is 13.2 Å². The summed E-state index contributed by atoms with van der Waals surface area (Å²) in [5.74, 6) is -2.28. The highest BCUT2D eigenvalue weighted by atomic mass is 19.3. The molecule has 0 aromatic heterocycles. The van der Waals surface area contributed by atoms with Gasteiger partial charge in [0.15, 0.2) is 0 Å². The summed E-state index contributed by atoms with van der Waals surface area (Å²) in [5.41, 5.74) is 0.968. The number of halogens is 3. The van der Waals surface area contributed by atoms with Gasteiger partial charge >= 0.3 is 0 Å².